The number of rotatable bonds is 7. The van der Waals surface area contributed by atoms with Crippen molar-refractivity contribution >= 4 is 28.7 Å². The Morgan fingerprint density at radius 2 is 1.84 bits per heavy atom. The number of halogens is 2. The molecule has 0 amide bonds. The van der Waals surface area contributed by atoms with Crippen molar-refractivity contribution in [1.29, 1.82) is 0 Å². The molecule has 0 aliphatic carbocycles. The summed E-state index contributed by atoms with van der Waals surface area (Å²) in [6, 6.07) is 18.2. The van der Waals surface area contributed by atoms with E-state index < -0.39 is 5.92 Å². The first-order chi connectivity index (χ1) is 14.8. The van der Waals surface area contributed by atoms with Crippen LogP contribution in [0.25, 0.3) is 16.6 Å². The Bertz CT molecular complexity index is 1180. The van der Waals surface area contributed by atoms with Gasteiger partial charge in [0.15, 0.2) is 0 Å². The number of pyridine rings is 1. The molecule has 31 heavy (non-hydrogen) atoms. The van der Waals surface area contributed by atoms with Crippen LogP contribution in [0.5, 0.6) is 5.75 Å². The molecule has 0 saturated heterocycles. The van der Waals surface area contributed by atoms with Crippen LogP contribution in [0.15, 0.2) is 71.8 Å². The molecule has 160 valence electrons. The number of hydrogen-bond acceptors (Lipinski definition) is 5. The van der Waals surface area contributed by atoms with Gasteiger partial charge in [-0.25, -0.2) is 4.68 Å². The Morgan fingerprint density at radius 1 is 1.06 bits per heavy atom. The van der Waals surface area contributed by atoms with Gasteiger partial charge in [-0.15, -0.1) is 0 Å². The quantitative estimate of drug-likeness (QED) is 0.335. The average molecular weight is 441 g/mol. The number of alkyl halides is 2. The molecule has 5 nitrogen and oxygen atoms in total. The van der Waals surface area contributed by atoms with Crippen LogP contribution in [0.1, 0.15) is 26.5 Å². The molecule has 0 fully saturated rings. The SMILES string of the molecule is CC(C)Oc1ccc(SNc2cc(C(C)(F)F)nn2-c2cccc3ncccc23)cc1. The minimum Gasteiger partial charge on any atom is -0.491 e. The standard InChI is InChI=1S/C23H22F2N4OS/c1-15(2)30-16-9-11-17(12-10-16)31-28-22-14-21(23(3,24)25)27-29(22)20-8-4-7-19-18(20)6-5-13-26-19/h4-15,28H,1-3H3. The number of anilines is 1. The Hall–Kier alpha value is -3.13. The smallest absolute Gasteiger partial charge is 0.288 e. The maximum absolute atomic E-state index is 14.1. The number of nitrogens with one attached hydrogen (secondary N) is 1. The fourth-order valence-electron chi connectivity index (χ4n) is 3.09. The van der Waals surface area contributed by atoms with E-state index in [-0.39, 0.29) is 11.8 Å². The zero-order valence-corrected chi connectivity index (χ0v) is 18.2. The van der Waals surface area contributed by atoms with Crippen LogP contribution in [-0.2, 0) is 5.92 Å². The Balaban J connectivity index is 1.66. The third-order valence-electron chi connectivity index (χ3n) is 4.48. The highest BCUT2D eigenvalue weighted by atomic mass is 32.2. The molecule has 4 rings (SSSR count). The van der Waals surface area contributed by atoms with Gasteiger partial charge in [-0.1, -0.05) is 6.07 Å². The highest BCUT2D eigenvalue weighted by molar-refractivity contribution is 8.00. The van der Waals surface area contributed by atoms with E-state index in [1.807, 2.05) is 68.4 Å². The second-order valence-corrected chi connectivity index (χ2v) is 8.28. The summed E-state index contributed by atoms with van der Waals surface area (Å²) in [6.45, 7) is 4.78. The monoisotopic (exact) mass is 440 g/mol. The maximum Gasteiger partial charge on any atom is 0.288 e. The number of ether oxygens (including phenoxy) is 1. The zero-order chi connectivity index (χ0) is 22.0. The minimum absolute atomic E-state index is 0.0929. The molecule has 0 radical (unpaired) electrons. The molecule has 2 aromatic carbocycles. The molecule has 0 saturated carbocycles. The molecular weight excluding hydrogens is 418 g/mol. The lowest BCUT2D eigenvalue weighted by molar-refractivity contribution is 0.0124. The predicted octanol–water partition coefficient (Wildman–Crippen LogP) is 6.44. The lowest BCUT2D eigenvalue weighted by atomic mass is 10.2. The molecule has 0 bridgehead atoms. The highest BCUT2D eigenvalue weighted by Gasteiger charge is 2.30. The van der Waals surface area contributed by atoms with Crippen molar-refractivity contribution in [1.82, 2.24) is 14.8 Å². The lowest BCUT2D eigenvalue weighted by Crippen LogP contribution is -2.09. The summed E-state index contributed by atoms with van der Waals surface area (Å²) in [6.07, 6.45) is 1.79. The second-order valence-electron chi connectivity index (χ2n) is 7.40. The van der Waals surface area contributed by atoms with Gasteiger partial charge in [0.25, 0.3) is 5.92 Å². The lowest BCUT2D eigenvalue weighted by Gasteiger charge is -2.12. The van der Waals surface area contributed by atoms with Gasteiger partial charge >= 0.3 is 0 Å². The van der Waals surface area contributed by atoms with Gasteiger partial charge in [-0.05, 0) is 74.3 Å². The van der Waals surface area contributed by atoms with Gasteiger partial charge in [-0.3, -0.25) is 4.98 Å². The van der Waals surface area contributed by atoms with Crippen LogP contribution < -0.4 is 9.46 Å². The normalized spacial score (nSPS) is 11.8. The summed E-state index contributed by atoms with van der Waals surface area (Å²) in [4.78, 5) is 5.26. The van der Waals surface area contributed by atoms with E-state index in [9.17, 15) is 8.78 Å². The molecule has 0 aliphatic rings. The van der Waals surface area contributed by atoms with Gasteiger partial charge in [-0.2, -0.15) is 13.9 Å². The van der Waals surface area contributed by atoms with Crippen LogP contribution in [-0.4, -0.2) is 20.9 Å². The van der Waals surface area contributed by atoms with Crippen molar-refractivity contribution in [2.75, 3.05) is 4.72 Å². The molecular formula is C23H22F2N4OS. The molecule has 2 aromatic heterocycles. The summed E-state index contributed by atoms with van der Waals surface area (Å²) in [5.74, 6) is -1.84. The fourth-order valence-corrected chi connectivity index (χ4v) is 3.73. The van der Waals surface area contributed by atoms with Gasteiger partial charge < -0.3 is 9.46 Å². The number of aromatic nitrogens is 3. The topological polar surface area (TPSA) is 52.0 Å². The Morgan fingerprint density at radius 3 is 2.55 bits per heavy atom. The molecule has 0 atom stereocenters. The third kappa shape index (κ3) is 4.80. The van der Waals surface area contributed by atoms with Gasteiger partial charge in [0.1, 0.15) is 17.3 Å². The van der Waals surface area contributed by atoms with Crippen LogP contribution in [0.2, 0.25) is 0 Å². The minimum atomic E-state index is -3.06. The number of hydrogen-bond donors (Lipinski definition) is 1. The summed E-state index contributed by atoms with van der Waals surface area (Å²) in [5, 5.41) is 5.03. The van der Waals surface area contributed by atoms with Crippen molar-refractivity contribution in [3.8, 4) is 11.4 Å². The Kier molecular flexibility index (Phi) is 5.82. The van der Waals surface area contributed by atoms with E-state index in [0.717, 1.165) is 28.5 Å². The van der Waals surface area contributed by atoms with Crippen molar-refractivity contribution in [2.45, 2.75) is 37.7 Å². The first kappa shape index (κ1) is 21.1. The molecule has 4 aromatic rings. The van der Waals surface area contributed by atoms with Crippen LogP contribution in [0.3, 0.4) is 0 Å². The predicted molar refractivity (Wildman–Crippen MR) is 120 cm³/mol. The third-order valence-corrected chi connectivity index (χ3v) is 5.30. The van der Waals surface area contributed by atoms with E-state index in [0.29, 0.717) is 11.5 Å². The molecule has 2 heterocycles. The number of benzene rings is 2. The van der Waals surface area contributed by atoms with Crippen molar-refractivity contribution in [3.63, 3.8) is 0 Å². The molecule has 1 N–H and O–H groups in total. The summed E-state index contributed by atoms with van der Waals surface area (Å²) < 4.78 is 38.4. The summed E-state index contributed by atoms with van der Waals surface area (Å²) >= 11 is 1.31. The van der Waals surface area contributed by atoms with Crippen molar-refractivity contribution in [3.05, 3.63) is 72.6 Å². The van der Waals surface area contributed by atoms with E-state index in [4.69, 9.17) is 4.74 Å². The molecule has 0 spiro atoms. The molecule has 8 heteroatoms. The largest absolute Gasteiger partial charge is 0.491 e. The van der Waals surface area contributed by atoms with E-state index in [1.165, 1.54) is 22.7 Å². The van der Waals surface area contributed by atoms with Crippen LogP contribution in [0.4, 0.5) is 14.6 Å². The zero-order valence-electron chi connectivity index (χ0n) is 17.3. The molecule has 0 aliphatic heterocycles. The summed E-state index contributed by atoms with van der Waals surface area (Å²) in [7, 11) is 0. The maximum atomic E-state index is 14.1. The first-order valence-corrected chi connectivity index (χ1v) is 10.6. The van der Waals surface area contributed by atoms with Crippen LogP contribution in [0, 0.1) is 0 Å². The van der Waals surface area contributed by atoms with Crippen LogP contribution >= 0.6 is 11.9 Å². The van der Waals surface area contributed by atoms with Gasteiger partial charge in [0, 0.05) is 29.5 Å². The number of fused-ring (bicyclic) bond motifs is 1. The van der Waals surface area contributed by atoms with E-state index >= 15 is 0 Å². The molecule has 0 unspecified atom stereocenters. The summed E-state index contributed by atoms with van der Waals surface area (Å²) in [5.41, 5.74) is 1.13. The Labute approximate surface area is 183 Å². The fraction of sp³-hybridized carbons (Fsp3) is 0.217. The second kappa shape index (κ2) is 8.55. The van der Waals surface area contributed by atoms with Crippen molar-refractivity contribution < 1.29 is 13.5 Å². The average Bonchev–Trinajstić information content (AvgIpc) is 3.17. The first-order valence-electron chi connectivity index (χ1n) is 9.83. The van der Waals surface area contributed by atoms with Gasteiger partial charge in [0.2, 0.25) is 0 Å². The van der Waals surface area contributed by atoms with Gasteiger partial charge in [0.05, 0.1) is 17.3 Å². The highest BCUT2D eigenvalue weighted by Crippen LogP contribution is 2.33. The van der Waals surface area contributed by atoms with Crippen molar-refractivity contribution in [2.24, 2.45) is 0 Å². The van der Waals surface area contributed by atoms with E-state index in [1.54, 1.807) is 6.20 Å². The van der Waals surface area contributed by atoms with E-state index in [2.05, 4.69) is 14.8 Å². The number of nitrogens with zero attached hydrogens (tertiary/aromatic N) is 3.